The van der Waals surface area contributed by atoms with Gasteiger partial charge in [-0.1, -0.05) is 133 Å². The lowest BCUT2D eigenvalue weighted by Gasteiger charge is -2.16. The summed E-state index contributed by atoms with van der Waals surface area (Å²) in [5.74, 6) is 1.83. The SMILES string of the molecule is CC(=C/C(=C(/C)c1cc(OCc2ccccc2)ccc1C)c1ccc(CCc2ccccc2)cc1)Cc1ccc(OCCC2=CCCCCC2)cc1. The fraction of sp³-hybridized carbons (Fsp3) is 0.280. The number of hydrogen-bond donors (Lipinski definition) is 0. The molecule has 1 aliphatic rings. The van der Waals surface area contributed by atoms with Crippen LogP contribution in [-0.4, -0.2) is 6.61 Å². The lowest BCUT2D eigenvalue weighted by atomic mass is 9.90. The first-order chi connectivity index (χ1) is 25.5. The zero-order chi connectivity index (χ0) is 36.0. The molecule has 2 nitrogen and oxygen atoms in total. The molecular formula is C50H54O2. The second-order valence-electron chi connectivity index (χ2n) is 14.3. The number of allylic oxidation sites excluding steroid dienone is 5. The summed E-state index contributed by atoms with van der Waals surface area (Å²) in [6.45, 7) is 7.99. The average molecular weight is 687 g/mol. The van der Waals surface area contributed by atoms with E-state index in [0.29, 0.717) is 6.61 Å². The minimum atomic E-state index is 0.546. The number of ether oxygens (including phenoxy) is 2. The fourth-order valence-corrected chi connectivity index (χ4v) is 7.10. The highest BCUT2D eigenvalue weighted by Gasteiger charge is 2.12. The van der Waals surface area contributed by atoms with Crippen LogP contribution < -0.4 is 9.47 Å². The van der Waals surface area contributed by atoms with Gasteiger partial charge < -0.3 is 9.47 Å². The van der Waals surface area contributed by atoms with Crippen LogP contribution in [0.4, 0.5) is 0 Å². The molecule has 0 atom stereocenters. The number of hydrogen-bond acceptors (Lipinski definition) is 2. The molecule has 0 radical (unpaired) electrons. The highest BCUT2D eigenvalue weighted by atomic mass is 16.5. The molecule has 6 rings (SSSR count). The van der Waals surface area contributed by atoms with Crippen molar-refractivity contribution < 1.29 is 9.47 Å². The third-order valence-corrected chi connectivity index (χ3v) is 10.2. The Hall–Kier alpha value is -5.08. The summed E-state index contributed by atoms with van der Waals surface area (Å²) < 4.78 is 12.4. The normalized spacial score (nSPS) is 13.9. The predicted molar refractivity (Wildman–Crippen MR) is 220 cm³/mol. The summed E-state index contributed by atoms with van der Waals surface area (Å²) in [7, 11) is 0. The van der Waals surface area contributed by atoms with E-state index in [1.54, 1.807) is 5.57 Å². The summed E-state index contributed by atoms with van der Waals surface area (Å²) in [6.07, 6.45) is 15.3. The zero-order valence-corrected chi connectivity index (χ0v) is 31.4. The second-order valence-corrected chi connectivity index (χ2v) is 14.3. The number of aryl methyl sites for hydroxylation is 3. The van der Waals surface area contributed by atoms with Gasteiger partial charge in [0.05, 0.1) is 6.61 Å². The molecule has 0 fully saturated rings. The van der Waals surface area contributed by atoms with Crippen LogP contribution in [0.5, 0.6) is 11.5 Å². The third-order valence-electron chi connectivity index (χ3n) is 10.2. The maximum absolute atomic E-state index is 6.28. The minimum Gasteiger partial charge on any atom is -0.493 e. The lowest BCUT2D eigenvalue weighted by Crippen LogP contribution is -1.99. The van der Waals surface area contributed by atoms with E-state index in [-0.39, 0.29) is 0 Å². The molecule has 0 heterocycles. The summed E-state index contributed by atoms with van der Waals surface area (Å²) in [6, 6.07) is 45.5. The van der Waals surface area contributed by atoms with E-state index in [0.717, 1.165) is 49.4 Å². The number of benzene rings is 5. The Bertz CT molecular complexity index is 1950. The molecule has 0 bridgehead atoms. The van der Waals surface area contributed by atoms with Crippen molar-refractivity contribution in [2.75, 3.05) is 6.61 Å². The summed E-state index contributed by atoms with van der Waals surface area (Å²) in [5, 5.41) is 0. The molecule has 52 heavy (non-hydrogen) atoms. The van der Waals surface area contributed by atoms with Gasteiger partial charge in [-0.05, 0) is 140 Å². The van der Waals surface area contributed by atoms with Crippen LogP contribution in [0.25, 0.3) is 11.1 Å². The van der Waals surface area contributed by atoms with Crippen molar-refractivity contribution in [3.8, 4) is 11.5 Å². The molecule has 0 saturated heterocycles. The quantitative estimate of drug-likeness (QED) is 0.0620. The topological polar surface area (TPSA) is 18.5 Å². The van der Waals surface area contributed by atoms with E-state index in [1.807, 2.05) is 6.07 Å². The Morgan fingerprint density at radius 1 is 0.615 bits per heavy atom. The first-order valence-corrected chi connectivity index (χ1v) is 19.2. The predicted octanol–water partition coefficient (Wildman–Crippen LogP) is 13.1. The number of rotatable bonds is 15. The van der Waals surface area contributed by atoms with E-state index in [2.05, 4.69) is 154 Å². The van der Waals surface area contributed by atoms with Crippen LogP contribution in [0.3, 0.4) is 0 Å². The highest BCUT2D eigenvalue weighted by Crippen LogP contribution is 2.33. The largest absolute Gasteiger partial charge is 0.493 e. The molecule has 0 N–H and O–H groups in total. The zero-order valence-electron chi connectivity index (χ0n) is 31.4. The van der Waals surface area contributed by atoms with E-state index in [4.69, 9.17) is 9.47 Å². The van der Waals surface area contributed by atoms with Crippen LogP contribution >= 0.6 is 0 Å². The van der Waals surface area contributed by atoms with Crippen molar-refractivity contribution in [2.24, 2.45) is 0 Å². The molecule has 0 amide bonds. The summed E-state index contributed by atoms with van der Waals surface area (Å²) >= 11 is 0. The van der Waals surface area contributed by atoms with E-state index in [9.17, 15) is 0 Å². The van der Waals surface area contributed by atoms with Gasteiger partial charge in [-0.15, -0.1) is 0 Å². The Morgan fingerprint density at radius 3 is 2.00 bits per heavy atom. The van der Waals surface area contributed by atoms with E-state index >= 15 is 0 Å². The van der Waals surface area contributed by atoms with Crippen molar-refractivity contribution in [2.45, 2.75) is 85.2 Å². The van der Waals surface area contributed by atoms with Crippen molar-refractivity contribution in [1.29, 1.82) is 0 Å². The van der Waals surface area contributed by atoms with Gasteiger partial charge in [-0.2, -0.15) is 0 Å². The van der Waals surface area contributed by atoms with Crippen LogP contribution in [0, 0.1) is 6.92 Å². The molecule has 0 aromatic heterocycles. The highest BCUT2D eigenvalue weighted by molar-refractivity contribution is 5.96. The second kappa shape index (κ2) is 19.0. The van der Waals surface area contributed by atoms with Gasteiger partial charge in [0.1, 0.15) is 18.1 Å². The molecule has 1 aliphatic carbocycles. The van der Waals surface area contributed by atoms with Crippen molar-refractivity contribution in [3.05, 3.63) is 190 Å². The smallest absolute Gasteiger partial charge is 0.120 e. The van der Waals surface area contributed by atoms with Crippen LogP contribution in [-0.2, 0) is 25.9 Å². The van der Waals surface area contributed by atoms with Crippen LogP contribution in [0.15, 0.2) is 151 Å². The van der Waals surface area contributed by atoms with Gasteiger partial charge in [0.15, 0.2) is 0 Å². The molecule has 266 valence electrons. The van der Waals surface area contributed by atoms with Crippen LogP contribution in [0.2, 0.25) is 0 Å². The Labute approximate surface area is 312 Å². The molecule has 0 unspecified atom stereocenters. The van der Waals surface area contributed by atoms with Gasteiger partial charge in [-0.25, -0.2) is 0 Å². The van der Waals surface area contributed by atoms with Gasteiger partial charge in [0.2, 0.25) is 0 Å². The van der Waals surface area contributed by atoms with Crippen LogP contribution in [0.1, 0.15) is 91.3 Å². The van der Waals surface area contributed by atoms with E-state index < -0.39 is 0 Å². The summed E-state index contributed by atoms with van der Waals surface area (Å²) in [4.78, 5) is 0. The van der Waals surface area contributed by atoms with E-state index in [1.165, 1.54) is 82.2 Å². The Balaban J connectivity index is 1.21. The summed E-state index contributed by atoms with van der Waals surface area (Å²) in [5.41, 5.74) is 14.2. The monoisotopic (exact) mass is 686 g/mol. The van der Waals surface area contributed by atoms with Gasteiger partial charge in [0.25, 0.3) is 0 Å². The molecular weight excluding hydrogens is 633 g/mol. The molecule has 5 aromatic rings. The maximum Gasteiger partial charge on any atom is 0.120 e. The minimum absolute atomic E-state index is 0.546. The molecule has 5 aromatic carbocycles. The standard InChI is InChI=1S/C50H54O2/c1-38(34-44-25-30-47(31-26-44)51-33-32-42-16-8-4-5-9-17-42)35-50(46-27-23-43(24-28-46)22-21-41-14-10-6-11-15-41)40(3)49-36-48(29-20-39(49)2)52-37-45-18-12-7-13-19-45/h6-7,10-16,18-20,23-31,35-36H,4-5,8-9,17,21-22,32-34,37H2,1-3H3/b38-35?,50-40+. The van der Waals surface area contributed by atoms with Crippen molar-refractivity contribution in [3.63, 3.8) is 0 Å². The van der Waals surface area contributed by atoms with Crippen molar-refractivity contribution in [1.82, 2.24) is 0 Å². The third kappa shape index (κ3) is 11.0. The first kappa shape index (κ1) is 36.7. The van der Waals surface area contributed by atoms with Gasteiger partial charge in [-0.3, -0.25) is 0 Å². The Morgan fingerprint density at radius 2 is 1.27 bits per heavy atom. The average Bonchev–Trinajstić information content (AvgIpc) is 3.46. The molecule has 2 heteroatoms. The first-order valence-electron chi connectivity index (χ1n) is 19.2. The lowest BCUT2D eigenvalue weighted by molar-refractivity contribution is 0.306. The Kier molecular flexibility index (Phi) is 13.4. The van der Waals surface area contributed by atoms with Gasteiger partial charge >= 0.3 is 0 Å². The van der Waals surface area contributed by atoms with Gasteiger partial charge in [0, 0.05) is 6.42 Å². The maximum atomic E-state index is 6.28. The molecule has 0 spiro atoms. The van der Waals surface area contributed by atoms with Crippen molar-refractivity contribution >= 4 is 11.1 Å². The molecule has 0 saturated carbocycles. The molecule has 0 aliphatic heterocycles. The fourth-order valence-electron chi connectivity index (χ4n) is 7.10.